The molecule has 0 amide bonds. The minimum atomic E-state index is -0.463. The van der Waals surface area contributed by atoms with Crippen molar-refractivity contribution < 1.29 is 0 Å². The Balaban J connectivity index is 2.70. The molecule has 76 valence electrons. The summed E-state index contributed by atoms with van der Waals surface area (Å²) in [6.45, 7) is 1.79. The van der Waals surface area contributed by atoms with Crippen molar-refractivity contribution in [1.82, 2.24) is 9.97 Å². The number of hydrogen-bond acceptors (Lipinski definition) is 3. The molecule has 0 saturated carbocycles. The standard InChI is InChI=1S/C11H11N3O/c1-2-3-4-5-6-7-9-8-13-11(15)14-10(9)12/h8H,4-5H2,1H3,(H3,12,13,14,15). The summed E-state index contributed by atoms with van der Waals surface area (Å²) in [5, 5.41) is 0. The third kappa shape index (κ3) is 3.58. The van der Waals surface area contributed by atoms with Crippen LogP contribution in [0.1, 0.15) is 25.3 Å². The maximum Gasteiger partial charge on any atom is 0.346 e. The van der Waals surface area contributed by atoms with Gasteiger partial charge in [-0.2, -0.15) is 4.98 Å². The highest BCUT2D eigenvalue weighted by Crippen LogP contribution is 2.00. The second-order valence-corrected chi connectivity index (χ2v) is 2.73. The summed E-state index contributed by atoms with van der Waals surface area (Å²) < 4.78 is 0. The van der Waals surface area contributed by atoms with E-state index in [1.54, 1.807) is 6.92 Å². The van der Waals surface area contributed by atoms with Crippen LogP contribution in [0.4, 0.5) is 5.82 Å². The van der Waals surface area contributed by atoms with E-state index in [1.807, 2.05) is 0 Å². The molecule has 0 aliphatic heterocycles. The number of unbranched alkanes of at least 4 members (excludes halogenated alkanes) is 1. The summed E-state index contributed by atoms with van der Waals surface area (Å²) in [7, 11) is 0. The summed E-state index contributed by atoms with van der Waals surface area (Å²) >= 11 is 0. The fraction of sp³-hybridized carbons (Fsp3) is 0.273. The highest BCUT2D eigenvalue weighted by molar-refractivity contribution is 5.48. The molecule has 4 heteroatoms. The van der Waals surface area contributed by atoms with Gasteiger partial charge in [0, 0.05) is 19.0 Å². The quantitative estimate of drug-likeness (QED) is 0.513. The lowest BCUT2D eigenvalue weighted by Gasteiger charge is -1.93. The van der Waals surface area contributed by atoms with Crippen LogP contribution in [0.15, 0.2) is 11.0 Å². The molecule has 0 aliphatic rings. The Morgan fingerprint density at radius 3 is 2.87 bits per heavy atom. The number of nitrogens with one attached hydrogen (secondary N) is 1. The molecule has 1 heterocycles. The Morgan fingerprint density at radius 1 is 1.47 bits per heavy atom. The number of nitrogens with zero attached hydrogens (tertiary/aromatic N) is 1. The summed E-state index contributed by atoms with van der Waals surface area (Å²) in [5.74, 6) is 11.6. The van der Waals surface area contributed by atoms with Gasteiger partial charge in [0.05, 0.1) is 5.56 Å². The average molecular weight is 201 g/mol. The topological polar surface area (TPSA) is 71.8 Å². The van der Waals surface area contributed by atoms with E-state index in [-0.39, 0.29) is 5.82 Å². The van der Waals surface area contributed by atoms with E-state index in [1.165, 1.54) is 6.20 Å². The Hall–Kier alpha value is -2.20. The molecule has 0 aromatic carbocycles. The third-order valence-corrected chi connectivity index (χ3v) is 1.61. The molecular formula is C11H11N3O. The molecular weight excluding hydrogens is 190 g/mol. The van der Waals surface area contributed by atoms with Crippen molar-refractivity contribution in [3.63, 3.8) is 0 Å². The molecule has 1 aromatic rings. The number of aromatic amines is 1. The van der Waals surface area contributed by atoms with E-state index in [4.69, 9.17) is 5.73 Å². The highest BCUT2D eigenvalue weighted by atomic mass is 16.1. The zero-order valence-corrected chi connectivity index (χ0v) is 8.42. The normalized spacial score (nSPS) is 8.33. The van der Waals surface area contributed by atoms with Gasteiger partial charge in [0.25, 0.3) is 0 Å². The second kappa shape index (κ2) is 5.51. The minimum Gasteiger partial charge on any atom is -0.382 e. The van der Waals surface area contributed by atoms with Crippen LogP contribution in [0.2, 0.25) is 0 Å². The predicted molar refractivity (Wildman–Crippen MR) is 58.8 cm³/mol. The molecule has 1 rings (SSSR count). The minimum absolute atomic E-state index is 0.160. The second-order valence-electron chi connectivity index (χ2n) is 2.73. The van der Waals surface area contributed by atoms with Crippen LogP contribution < -0.4 is 11.4 Å². The highest BCUT2D eigenvalue weighted by Gasteiger charge is 1.95. The van der Waals surface area contributed by atoms with Crippen molar-refractivity contribution in [2.24, 2.45) is 0 Å². The van der Waals surface area contributed by atoms with Crippen molar-refractivity contribution >= 4 is 5.82 Å². The predicted octanol–water partition coefficient (Wildman–Crippen LogP) is 0.507. The molecule has 3 N–H and O–H groups in total. The SMILES string of the molecule is CC#CCCC#Cc1c[nH]c(=O)nc1N. The molecule has 0 aliphatic carbocycles. The Labute approximate surface area is 87.9 Å². The van der Waals surface area contributed by atoms with Gasteiger partial charge in [0.2, 0.25) is 0 Å². The van der Waals surface area contributed by atoms with Crippen LogP contribution in [0.3, 0.4) is 0 Å². The van der Waals surface area contributed by atoms with Crippen LogP contribution >= 0.6 is 0 Å². The molecule has 1 aromatic heterocycles. The Bertz CT molecular complexity index is 508. The number of rotatable bonds is 1. The third-order valence-electron chi connectivity index (χ3n) is 1.61. The van der Waals surface area contributed by atoms with Crippen molar-refractivity contribution in [1.29, 1.82) is 0 Å². The number of hydrogen-bond donors (Lipinski definition) is 2. The first-order valence-corrected chi connectivity index (χ1v) is 4.47. The lowest BCUT2D eigenvalue weighted by molar-refractivity contribution is 1.07. The van der Waals surface area contributed by atoms with Gasteiger partial charge in [-0.3, -0.25) is 0 Å². The van der Waals surface area contributed by atoms with E-state index in [0.29, 0.717) is 12.0 Å². The zero-order valence-electron chi connectivity index (χ0n) is 8.42. The maximum absolute atomic E-state index is 10.7. The largest absolute Gasteiger partial charge is 0.382 e. The Morgan fingerprint density at radius 2 is 2.20 bits per heavy atom. The first kappa shape index (κ1) is 10.9. The van der Waals surface area contributed by atoms with Gasteiger partial charge in [0.1, 0.15) is 5.82 Å². The van der Waals surface area contributed by atoms with Crippen molar-refractivity contribution in [2.45, 2.75) is 19.8 Å². The van der Waals surface area contributed by atoms with Crippen molar-refractivity contribution in [3.8, 4) is 23.7 Å². The van der Waals surface area contributed by atoms with Gasteiger partial charge in [-0.1, -0.05) is 11.8 Å². The van der Waals surface area contributed by atoms with Crippen LogP contribution in [0.5, 0.6) is 0 Å². The molecule has 0 saturated heterocycles. The first-order valence-electron chi connectivity index (χ1n) is 4.47. The number of H-pyrrole nitrogens is 1. The van der Waals surface area contributed by atoms with Crippen molar-refractivity contribution in [3.05, 3.63) is 22.2 Å². The summed E-state index contributed by atoms with van der Waals surface area (Å²) in [6.07, 6.45) is 2.88. The molecule has 0 unspecified atom stereocenters. The van der Waals surface area contributed by atoms with Gasteiger partial charge in [0.15, 0.2) is 0 Å². The van der Waals surface area contributed by atoms with Crippen LogP contribution in [-0.2, 0) is 0 Å². The summed E-state index contributed by atoms with van der Waals surface area (Å²) in [4.78, 5) is 16.7. The molecule has 0 fully saturated rings. The fourth-order valence-corrected chi connectivity index (χ4v) is 0.918. The zero-order chi connectivity index (χ0) is 11.1. The number of nitrogens with two attached hydrogens (primary N) is 1. The van der Waals surface area contributed by atoms with Gasteiger partial charge in [-0.05, 0) is 6.92 Å². The lowest BCUT2D eigenvalue weighted by atomic mass is 10.2. The molecule has 4 nitrogen and oxygen atoms in total. The number of anilines is 1. The van der Waals surface area contributed by atoms with Crippen LogP contribution in [-0.4, -0.2) is 9.97 Å². The molecule has 15 heavy (non-hydrogen) atoms. The maximum atomic E-state index is 10.7. The molecule has 0 bridgehead atoms. The van der Waals surface area contributed by atoms with Gasteiger partial charge >= 0.3 is 5.69 Å². The Kier molecular flexibility index (Phi) is 4.00. The summed E-state index contributed by atoms with van der Waals surface area (Å²) in [6, 6.07) is 0. The van der Waals surface area contributed by atoms with Crippen molar-refractivity contribution in [2.75, 3.05) is 5.73 Å². The number of nitrogen functional groups attached to an aromatic ring is 1. The first-order chi connectivity index (χ1) is 7.24. The average Bonchev–Trinajstić information content (AvgIpc) is 2.20. The van der Waals surface area contributed by atoms with E-state index >= 15 is 0 Å². The molecule has 0 atom stereocenters. The van der Waals surface area contributed by atoms with E-state index in [0.717, 1.165) is 6.42 Å². The summed E-state index contributed by atoms with van der Waals surface area (Å²) in [5.41, 5.74) is 5.58. The van der Waals surface area contributed by atoms with E-state index in [9.17, 15) is 4.79 Å². The van der Waals surface area contributed by atoms with E-state index in [2.05, 4.69) is 33.6 Å². The van der Waals surface area contributed by atoms with Gasteiger partial charge < -0.3 is 10.7 Å². The van der Waals surface area contributed by atoms with E-state index < -0.39 is 5.69 Å². The molecule has 0 radical (unpaired) electrons. The molecule has 0 spiro atoms. The fourth-order valence-electron chi connectivity index (χ4n) is 0.918. The van der Waals surface area contributed by atoms with Crippen LogP contribution in [0.25, 0.3) is 0 Å². The number of aromatic nitrogens is 2. The van der Waals surface area contributed by atoms with Gasteiger partial charge in [-0.25, -0.2) is 4.79 Å². The van der Waals surface area contributed by atoms with Gasteiger partial charge in [-0.15, -0.1) is 11.8 Å². The van der Waals surface area contributed by atoms with Crippen LogP contribution in [0, 0.1) is 23.7 Å². The monoisotopic (exact) mass is 201 g/mol. The smallest absolute Gasteiger partial charge is 0.346 e. The lowest BCUT2D eigenvalue weighted by Crippen LogP contribution is -2.12.